The number of ether oxygens (including phenoxy) is 7. The zero-order chi connectivity index (χ0) is 31.1. The molecular formula is C33H37FN2O8. The summed E-state index contributed by atoms with van der Waals surface area (Å²) in [4.78, 5) is 19.5. The van der Waals surface area contributed by atoms with Crippen molar-refractivity contribution in [2.45, 2.75) is 38.1 Å². The Hall–Kier alpha value is -4.67. The van der Waals surface area contributed by atoms with Crippen molar-refractivity contribution in [3.63, 3.8) is 0 Å². The molecule has 1 amide bonds. The van der Waals surface area contributed by atoms with E-state index >= 15 is 0 Å². The van der Waals surface area contributed by atoms with Gasteiger partial charge < -0.3 is 38.1 Å². The number of carbonyl (C=O) groups excluding carboxylic acids is 1. The van der Waals surface area contributed by atoms with Gasteiger partial charge in [0.25, 0.3) is 5.91 Å². The summed E-state index contributed by atoms with van der Waals surface area (Å²) in [5.74, 6) is 2.51. The van der Waals surface area contributed by atoms with Crippen LogP contribution in [-0.2, 0) is 0 Å². The summed E-state index contributed by atoms with van der Waals surface area (Å²) in [5, 5.41) is 0. The Bertz CT molecular complexity index is 1490. The molecule has 3 aromatic carbocycles. The highest BCUT2D eigenvalue weighted by Crippen LogP contribution is 2.42. The van der Waals surface area contributed by atoms with Crippen molar-refractivity contribution in [3.8, 4) is 46.0 Å². The maximum absolute atomic E-state index is 14.6. The quantitative estimate of drug-likeness (QED) is 0.189. The van der Waals surface area contributed by atoms with Crippen LogP contribution in [0, 0.1) is 5.82 Å². The van der Waals surface area contributed by atoms with Gasteiger partial charge in [-0.2, -0.15) is 0 Å². The van der Waals surface area contributed by atoms with E-state index in [1.165, 1.54) is 33.5 Å². The standard InChI is InChI=1S/C33H37FN2O8/c1-38-28-18-24-26(35-20-21-9-8-12-36(21)33(24)37)19-29(28)43-14-7-5-6-13-42-22-10-11-25(34)27(15-22)44-23-16-30(39-2)32(41-4)31(17-23)40-3/h10-11,15-21H,5-9,12-14H2,1-4H3/t21-/m0/s1. The highest BCUT2D eigenvalue weighted by Gasteiger charge is 2.32. The normalized spacial score (nSPS) is 15.2. The fourth-order valence-corrected chi connectivity index (χ4v) is 5.27. The minimum atomic E-state index is -0.535. The van der Waals surface area contributed by atoms with E-state index in [2.05, 4.69) is 4.99 Å². The largest absolute Gasteiger partial charge is 0.493 e. The second-order valence-corrected chi connectivity index (χ2v) is 10.3. The molecule has 0 radical (unpaired) electrons. The van der Waals surface area contributed by atoms with Gasteiger partial charge in [0, 0.05) is 37.0 Å². The Morgan fingerprint density at radius 2 is 1.50 bits per heavy atom. The van der Waals surface area contributed by atoms with Crippen LogP contribution in [0.2, 0.25) is 0 Å². The predicted octanol–water partition coefficient (Wildman–Crippen LogP) is 6.60. The van der Waals surface area contributed by atoms with E-state index in [9.17, 15) is 9.18 Å². The molecule has 2 aliphatic heterocycles. The minimum Gasteiger partial charge on any atom is -0.493 e. The van der Waals surface area contributed by atoms with Crippen molar-refractivity contribution in [1.82, 2.24) is 4.90 Å². The van der Waals surface area contributed by atoms with Crippen molar-refractivity contribution in [2.24, 2.45) is 4.99 Å². The first-order valence-corrected chi connectivity index (χ1v) is 14.6. The van der Waals surface area contributed by atoms with Gasteiger partial charge >= 0.3 is 0 Å². The third-order valence-electron chi connectivity index (χ3n) is 7.54. The van der Waals surface area contributed by atoms with Crippen LogP contribution in [-0.4, -0.2) is 71.3 Å². The maximum atomic E-state index is 14.6. The molecule has 2 heterocycles. The molecule has 234 valence electrons. The molecule has 0 aliphatic carbocycles. The van der Waals surface area contributed by atoms with Crippen LogP contribution in [0.25, 0.3) is 0 Å². The van der Waals surface area contributed by atoms with Crippen LogP contribution >= 0.6 is 0 Å². The summed E-state index contributed by atoms with van der Waals surface area (Å²) < 4.78 is 53.8. The van der Waals surface area contributed by atoms with Gasteiger partial charge in [-0.25, -0.2) is 4.39 Å². The molecule has 1 saturated heterocycles. The molecule has 44 heavy (non-hydrogen) atoms. The number of rotatable bonds is 14. The molecular weight excluding hydrogens is 571 g/mol. The van der Waals surface area contributed by atoms with Crippen LogP contribution in [0.5, 0.6) is 46.0 Å². The number of fused-ring (bicyclic) bond motifs is 2. The molecule has 2 aliphatic rings. The number of methoxy groups -OCH3 is 4. The number of unbranched alkanes of at least 4 members (excludes halogenated alkanes) is 2. The lowest BCUT2D eigenvalue weighted by Gasteiger charge is -2.20. The number of amides is 1. The number of aliphatic imine (C=N–C) groups is 1. The number of hydrogen-bond acceptors (Lipinski definition) is 9. The lowest BCUT2D eigenvalue weighted by atomic mass is 10.1. The van der Waals surface area contributed by atoms with E-state index in [1.54, 1.807) is 37.4 Å². The van der Waals surface area contributed by atoms with Crippen molar-refractivity contribution in [2.75, 3.05) is 48.2 Å². The molecule has 0 unspecified atom stereocenters. The van der Waals surface area contributed by atoms with E-state index < -0.39 is 5.82 Å². The molecule has 0 bridgehead atoms. The summed E-state index contributed by atoms with van der Waals surface area (Å²) in [7, 11) is 6.05. The number of benzene rings is 3. The van der Waals surface area contributed by atoms with Crippen LogP contribution in [0.3, 0.4) is 0 Å². The van der Waals surface area contributed by atoms with E-state index in [0.29, 0.717) is 64.7 Å². The first-order chi connectivity index (χ1) is 21.4. The minimum absolute atomic E-state index is 0.00584. The lowest BCUT2D eigenvalue weighted by molar-refractivity contribution is 0.0774. The first-order valence-electron chi connectivity index (χ1n) is 14.6. The third kappa shape index (κ3) is 6.77. The maximum Gasteiger partial charge on any atom is 0.256 e. The van der Waals surface area contributed by atoms with Gasteiger partial charge in [-0.1, -0.05) is 0 Å². The molecule has 10 nitrogen and oxygen atoms in total. The highest BCUT2D eigenvalue weighted by atomic mass is 19.1. The fourth-order valence-electron chi connectivity index (χ4n) is 5.27. The van der Waals surface area contributed by atoms with Crippen molar-refractivity contribution >= 4 is 17.8 Å². The molecule has 1 fully saturated rings. The van der Waals surface area contributed by atoms with Gasteiger partial charge in [0.15, 0.2) is 34.6 Å². The highest BCUT2D eigenvalue weighted by molar-refractivity contribution is 6.03. The van der Waals surface area contributed by atoms with E-state index in [-0.39, 0.29) is 17.7 Å². The van der Waals surface area contributed by atoms with Crippen LogP contribution in [0.15, 0.2) is 47.5 Å². The second kappa shape index (κ2) is 14.2. The number of halogens is 1. The van der Waals surface area contributed by atoms with E-state index in [4.69, 9.17) is 33.2 Å². The Morgan fingerprint density at radius 3 is 2.20 bits per heavy atom. The Balaban J connectivity index is 1.11. The van der Waals surface area contributed by atoms with Gasteiger partial charge in [-0.3, -0.25) is 9.79 Å². The average molecular weight is 609 g/mol. The molecule has 0 saturated carbocycles. The van der Waals surface area contributed by atoms with Crippen LogP contribution in [0.4, 0.5) is 10.1 Å². The lowest BCUT2D eigenvalue weighted by Crippen LogP contribution is -2.35. The first kappa shape index (κ1) is 30.8. The van der Waals surface area contributed by atoms with Gasteiger partial charge in [-0.05, 0) is 50.3 Å². The van der Waals surface area contributed by atoms with Gasteiger partial charge in [-0.15, -0.1) is 0 Å². The van der Waals surface area contributed by atoms with Gasteiger partial charge in [0.1, 0.15) is 11.5 Å². The molecule has 0 N–H and O–H groups in total. The topological polar surface area (TPSA) is 97.3 Å². The Kier molecular flexibility index (Phi) is 9.93. The smallest absolute Gasteiger partial charge is 0.256 e. The zero-order valence-corrected chi connectivity index (χ0v) is 25.4. The molecule has 5 rings (SSSR count). The third-order valence-corrected chi connectivity index (χ3v) is 7.54. The number of nitrogens with zero attached hydrogens (tertiary/aromatic N) is 2. The predicted molar refractivity (Wildman–Crippen MR) is 163 cm³/mol. The Morgan fingerprint density at radius 1 is 0.795 bits per heavy atom. The molecule has 0 aromatic heterocycles. The zero-order valence-electron chi connectivity index (χ0n) is 25.4. The summed E-state index contributed by atoms with van der Waals surface area (Å²) in [5.41, 5.74) is 1.13. The van der Waals surface area contributed by atoms with Gasteiger partial charge in [0.05, 0.1) is 58.9 Å². The van der Waals surface area contributed by atoms with Crippen LogP contribution in [0.1, 0.15) is 42.5 Å². The molecule has 3 aromatic rings. The van der Waals surface area contributed by atoms with Crippen LogP contribution < -0.4 is 33.2 Å². The number of hydrogen-bond donors (Lipinski definition) is 0. The second-order valence-electron chi connectivity index (χ2n) is 10.3. The molecule has 11 heteroatoms. The summed E-state index contributed by atoms with van der Waals surface area (Å²) in [6, 6.07) is 11.1. The average Bonchev–Trinajstić information content (AvgIpc) is 3.48. The SMILES string of the molecule is COc1cc2c(cc1OCCCCCOc1ccc(F)c(Oc3cc(OC)c(OC)c(OC)c3)c1)N=C[C@@H]1CCCN1C2=O. The van der Waals surface area contributed by atoms with Crippen molar-refractivity contribution in [1.29, 1.82) is 0 Å². The van der Waals surface area contributed by atoms with E-state index in [0.717, 1.165) is 38.6 Å². The Labute approximate surface area is 256 Å². The monoisotopic (exact) mass is 608 g/mol. The van der Waals surface area contributed by atoms with Gasteiger partial charge in [0.2, 0.25) is 5.75 Å². The molecule has 1 atom stereocenters. The number of carbonyl (C=O) groups is 1. The van der Waals surface area contributed by atoms with Crippen molar-refractivity contribution < 1.29 is 42.3 Å². The van der Waals surface area contributed by atoms with Crippen molar-refractivity contribution in [3.05, 3.63) is 53.8 Å². The summed E-state index contributed by atoms with van der Waals surface area (Å²) >= 11 is 0. The van der Waals surface area contributed by atoms with E-state index in [1.807, 2.05) is 11.1 Å². The molecule has 0 spiro atoms. The fraction of sp³-hybridized carbons (Fsp3) is 0.394. The summed E-state index contributed by atoms with van der Waals surface area (Å²) in [6.45, 7) is 1.64. The summed E-state index contributed by atoms with van der Waals surface area (Å²) in [6.07, 6.45) is 6.16.